The van der Waals surface area contributed by atoms with Crippen molar-refractivity contribution < 1.29 is 4.74 Å². The molecule has 0 bridgehead atoms. The first-order valence-electron chi connectivity index (χ1n) is 4.52. The molecule has 2 aromatic rings. The minimum Gasteiger partial charge on any atom is -0.496 e. The predicted octanol–water partition coefficient (Wildman–Crippen LogP) is 1.93. The van der Waals surface area contributed by atoms with E-state index in [9.17, 15) is 0 Å². The summed E-state index contributed by atoms with van der Waals surface area (Å²) in [6.07, 6.45) is 4.76. The zero-order valence-electron chi connectivity index (χ0n) is 8.54. The van der Waals surface area contributed by atoms with E-state index in [1.165, 1.54) is 17.3 Å². The number of ether oxygens (including phenoxy) is 1. The van der Waals surface area contributed by atoms with Gasteiger partial charge in [-0.05, 0) is 39.7 Å². The quantitative estimate of drug-likeness (QED) is 0.808. The van der Waals surface area contributed by atoms with Crippen molar-refractivity contribution in [1.29, 1.82) is 0 Å². The summed E-state index contributed by atoms with van der Waals surface area (Å²) in [7, 11) is 1.63. The van der Waals surface area contributed by atoms with Gasteiger partial charge >= 0.3 is 0 Å². The van der Waals surface area contributed by atoms with Gasteiger partial charge in [0.1, 0.15) is 18.4 Å². The molecule has 2 rings (SSSR count). The number of methoxy groups -OCH3 is 1. The minimum atomic E-state index is 0.793. The molecule has 6 heteroatoms. The van der Waals surface area contributed by atoms with Crippen LogP contribution >= 0.6 is 15.9 Å². The molecule has 0 spiro atoms. The third kappa shape index (κ3) is 2.46. The number of hydrogen-bond donors (Lipinski definition) is 0. The van der Waals surface area contributed by atoms with Gasteiger partial charge in [-0.25, -0.2) is 4.68 Å². The molecule has 5 nitrogen and oxygen atoms in total. The summed E-state index contributed by atoms with van der Waals surface area (Å²) in [6, 6.07) is 5.71. The van der Waals surface area contributed by atoms with Crippen LogP contribution in [0.2, 0.25) is 0 Å². The Morgan fingerprint density at radius 2 is 2.12 bits per heavy atom. The Kier molecular flexibility index (Phi) is 3.31. The van der Waals surface area contributed by atoms with Crippen LogP contribution in [0.5, 0.6) is 5.75 Å². The zero-order chi connectivity index (χ0) is 11.4. The van der Waals surface area contributed by atoms with Crippen LogP contribution in [0, 0.1) is 0 Å². The fourth-order valence-electron chi connectivity index (χ4n) is 1.15. The van der Waals surface area contributed by atoms with Crippen LogP contribution < -0.4 is 4.74 Å². The Morgan fingerprint density at radius 3 is 2.75 bits per heavy atom. The van der Waals surface area contributed by atoms with Crippen LogP contribution in [-0.4, -0.2) is 28.2 Å². The van der Waals surface area contributed by atoms with Crippen molar-refractivity contribution in [1.82, 2.24) is 14.9 Å². The summed E-state index contributed by atoms with van der Waals surface area (Å²) < 4.78 is 7.55. The summed E-state index contributed by atoms with van der Waals surface area (Å²) in [5, 5.41) is 11.4. The van der Waals surface area contributed by atoms with Gasteiger partial charge in [-0.1, -0.05) is 0 Å². The Balaban J connectivity index is 2.19. The summed E-state index contributed by atoms with van der Waals surface area (Å²) in [6.45, 7) is 0. The van der Waals surface area contributed by atoms with E-state index in [1.54, 1.807) is 13.3 Å². The Labute approximate surface area is 101 Å². The molecule has 1 heterocycles. The molecule has 0 saturated heterocycles. The third-order valence-electron chi connectivity index (χ3n) is 1.92. The van der Waals surface area contributed by atoms with Gasteiger partial charge in [-0.15, -0.1) is 10.2 Å². The minimum absolute atomic E-state index is 0.793. The highest BCUT2D eigenvalue weighted by Crippen LogP contribution is 2.24. The maximum Gasteiger partial charge on any atom is 0.141 e. The van der Waals surface area contributed by atoms with E-state index in [2.05, 4.69) is 31.2 Å². The maximum absolute atomic E-state index is 5.13. The summed E-state index contributed by atoms with van der Waals surface area (Å²) in [4.78, 5) is 0. The molecule has 82 valence electrons. The van der Waals surface area contributed by atoms with E-state index >= 15 is 0 Å². The summed E-state index contributed by atoms with van der Waals surface area (Å²) in [5.41, 5.74) is 0.960. The smallest absolute Gasteiger partial charge is 0.141 e. The molecule has 0 aliphatic rings. The SMILES string of the molecule is COc1ccc(/C=N/n2cnnc2)cc1Br. The van der Waals surface area contributed by atoms with Crippen molar-refractivity contribution in [2.45, 2.75) is 0 Å². The normalized spacial score (nSPS) is 10.9. The summed E-state index contributed by atoms with van der Waals surface area (Å²) >= 11 is 3.41. The van der Waals surface area contributed by atoms with E-state index < -0.39 is 0 Å². The van der Waals surface area contributed by atoms with Crippen molar-refractivity contribution in [2.75, 3.05) is 7.11 Å². The fraction of sp³-hybridized carbons (Fsp3) is 0.100. The second kappa shape index (κ2) is 4.89. The number of aromatic nitrogens is 3. The van der Waals surface area contributed by atoms with Gasteiger partial charge in [0.05, 0.1) is 17.8 Å². The summed E-state index contributed by atoms with van der Waals surface area (Å²) in [5.74, 6) is 0.793. The Hall–Kier alpha value is -1.69. The molecular formula is C10H9BrN4O. The van der Waals surface area contributed by atoms with E-state index in [-0.39, 0.29) is 0 Å². The molecule has 0 fully saturated rings. The van der Waals surface area contributed by atoms with Gasteiger partial charge in [0.25, 0.3) is 0 Å². The topological polar surface area (TPSA) is 52.3 Å². The highest BCUT2D eigenvalue weighted by atomic mass is 79.9. The standard InChI is InChI=1S/C10H9BrN4O/c1-16-10-3-2-8(4-9(10)11)5-14-15-6-12-13-7-15/h2-7H,1H3/b14-5+. The lowest BCUT2D eigenvalue weighted by molar-refractivity contribution is 0.412. The molecule has 0 amide bonds. The van der Waals surface area contributed by atoms with Crippen LogP contribution in [0.3, 0.4) is 0 Å². The highest BCUT2D eigenvalue weighted by Gasteiger charge is 1.99. The van der Waals surface area contributed by atoms with Crippen LogP contribution in [0.4, 0.5) is 0 Å². The van der Waals surface area contributed by atoms with Gasteiger partial charge in [-0.3, -0.25) is 0 Å². The average molecular weight is 281 g/mol. The molecule has 1 aromatic carbocycles. The predicted molar refractivity (Wildman–Crippen MR) is 63.7 cm³/mol. The molecular weight excluding hydrogens is 272 g/mol. The first-order chi connectivity index (χ1) is 7.79. The van der Waals surface area contributed by atoms with Crippen molar-refractivity contribution in [2.24, 2.45) is 5.10 Å². The molecule has 0 unspecified atom stereocenters. The molecule has 1 aromatic heterocycles. The number of rotatable bonds is 3. The van der Waals surface area contributed by atoms with Gasteiger partial charge in [0, 0.05) is 0 Å². The lowest BCUT2D eigenvalue weighted by Crippen LogP contribution is -1.89. The fourth-order valence-corrected chi connectivity index (χ4v) is 1.71. The number of benzene rings is 1. The lowest BCUT2D eigenvalue weighted by atomic mass is 10.2. The third-order valence-corrected chi connectivity index (χ3v) is 2.54. The van der Waals surface area contributed by atoms with E-state index in [1.807, 2.05) is 18.2 Å². The van der Waals surface area contributed by atoms with Gasteiger partial charge in [-0.2, -0.15) is 5.10 Å². The number of halogens is 1. The van der Waals surface area contributed by atoms with Crippen molar-refractivity contribution >= 4 is 22.1 Å². The molecule has 0 radical (unpaired) electrons. The first-order valence-corrected chi connectivity index (χ1v) is 5.31. The second-order valence-corrected chi connectivity index (χ2v) is 3.83. The average Bonchev–Trinajstić information content (AvgIpc) is 2.79. The van der Waals surface area contributed by atoms with Gasteiger partial charge in [0.2, 0.25) is 0 Å². The monoisotopic (exact) mass is 280 g/mol. The number of hydrogen-bond acceptors (Lipinski definition) is 4. The zero-order valence-corrected chi connectivity index (χ0v) is 10.1. The molecule has 0 aliphatic carbocycles. The first kappa shape index (κ1) is 10.8. The molecule has 0 N–H and O–H groups in total. The van der Waals surface area contributed by atoms with Crippen molar-refractivity contribution in [3.8, 4) is 5.75 Å². The van der Waals surface area contributed by atoms with Crippen LogP contribution in [0.1, 0.15) is 5.56 Å². The van der Waals surface area contributed by atoms with Crippen molar-refractivity contribution in [3.63, 3.8) is 0 Å². The van der Waals surface area contributed by atoms with E-state index in [0.717, 1.165) is 15.8 Å². The Morgan fingerprint density at radius 1 is 1.38 bits per heavy atom. The van der Waals surface area contributed by atoms with Gasteiger partial charge < -0.3 is 4.74 Å². The maximum atomic E-state index is 5.13. The second-order valence-electron chi connectivity index (χ2n) is 2.98. The van der Waals surface area contributed by atoms with Crippen LogP contribution in [-0.2, 0) is 0 Å². The lowest BCUT2D eigenvalue weighted by Gasteiger charge is -2.02. The molecule has 0 atom stereocenters. The highest BCUT2D eigenvalue weighted by molar-refractivity contribution is 9.10. The Bertz CT molecular complexity index is 496. The molecule has 0 saturated carbocycles. The molecule has 16 heavy (non-hydrogen) atoms. The van der Waals surface area contributed by atoms with E-state index in [0.29, 0.717) is 0 Å². The van der Waals surface area contributed by atoms with E-state index in [4.69, 9.17) is 4.74 Å². The van der Waals surface area contributed by atoms with Crippen LogP contribution in [0.15, 0.2) is 40.4 Å². The largest absolute Gasteiger partial charge is 0.496 e. The number of nitrogens with zero attached hydrogens (tertiary/aromatic N) is 4. The molecule has 0 aliphatic heterocycles. The van der Waals surface area contributed by atoms with Crippen LogP contribution in [0.25, 0.3) is 0 Å². The van der Waals surface area contributed by atoms with Gasteiger partial charge in [0.15, 0.2) is 0 Å². The van der Waals surface area contributed by atoms with Crippen molar-refractivity contribution in [3.05, 3.63) is 40.9 Å².